The number of methoxy groups -OCH3 is 1. The van der Waals surface area contributed by atoms with Gasteiger partial charge in [0.15, 0.2) is 5.82 Å². The number of pyridine rings is 1. The normalized spacial score (nSPS) is 11.4. The number of aromatic nitrogens is 5. The van der Waals surface area contributed by atoms with Gasteiger partial charge >= 0.3 is 0 Å². The number of aliphatic hydroxyl groups excluding tert-OH is 1. The molecule has 0 radical (unpaired) electrons. The summed E-state index contributed by atoms with van der Waals surface area (Å²) in [6.45, 7) is 3.62. The van der Waals surface area contributed by atoms with Crippen molar-refractivity contribution in [2.45, 2.75) is 26.6 Å². The average molecular weight is 435 g/mol. The first-order chi connectivity index (χ1) is 15.6. The number of aryl methyl sites for hydroxylation is 1. The number of rotatable bonds is 9. The van der Waals surface area contributed by atoms with Crippen molar-refractivity contribution < 1.29 is 9.84 Å². The number of fused-ring (bicyclic) bond motifs is 1. The second-order valence-corrected chi connectivity index (χ2v) is 7.75. The van der Waals surface area contributed by atoms with Gasteiger partial charge in [0.2, 0.25) is 0 Å². The highest BCUT2D eigenvalue weighted by Gasteiger charge is 2.15. The first kappa shape index (κ1) is 21.7. The van der Waals surface area contributed by atoms with E-state index in [0.29, 0.717) is 37.6 Å². The van der Waals surface area contributed by atoms with Gasteiger partial charge in [-0.15, -0.1) is 5.10 Å². The van der Waals surface area contributed by atoms with Crippen molar-refractivity contribution in [3.8, 4) is 5.75 Å². The molecule has 9 heteroatoms. The topological polar surface area (TPSA) is 109 Å². The summed E-state index contributed by atoms with van der Waals surface area (Å²) < 4.78 is 6.92. The lowest BCUT2D eigenvalue weighted by Gasteiger charge is -2.20. The maximum Gasteiger partial charge on any atom is 0.252 e. The van der Waals surface area contributed by atoms with E-state index in [-0.39, 0.29) is 12.2 Å². The summed E-state index contributed by atoms with van der Waals surface area (Å²) in [5.74, 6) is 1.44. The minimum Gasteiger partial charge on any atom is -0.497 e. The highest BCUT2D eigenvalue weighted by Crippen LogP contribution is 2.16. The van der Waals surface area contributed by atoms with Crippen molar-refractivity contribution in [3.63, 3.8) is 0 Å². The molecule has 0 saturated heterocycles. The zero-order valence-corrected chi connectivity index (χ0v) is 18.2. The van der Waals surface area contributed by atoms with Gasteiger partial charge in [0.25, 0.3) is 5.56 Å². The minimum atomic E-state index is -0.135. The largest absolute Gasteiger partial charge is 0.497 e. The van der Waals surface area contributed by atoms with Gasteiger partial charge < -0.3 is 14.8 Å². The summed E-state index contributed by atoms with van der Waals surface area (Å²) in [7, 11) is 1.63. The number of nitrogens with one attached hydrogen (secondary N) is 1. The highest BCUT2D eigenvalue weighted by molar-refractivity contribution is 5.79. The molecule has 0 saturated carbocycles. The first-order valence-corrected chi connectivity index (χ1v) is 10.4. The second kappa shape index (κ2) is 9.71. The fraction of sp³-hybridized carbons (Fsp3) is 0.304. The van der Waals surface area contributed by atoms with E-state index in [1.165, 1.54) is 0 Å². The number of benzene rings is 2. The van der Waals surface area contributed by atoms with Crippen LogP contribution in [-0.4, -0.2) is 55.5 Å². The molecule has 2 aromatic carbocycles. The van der Waals surface area contributed by atoms with E-state index in [1.54, 1.807) is 11.8 Å². The number of nitrogens with zero attached hydrogens (tertiary/aromatic N) is 5. The maximum atomic E-state index is 12.6. The quantitative estimate of drug-likeness (QED) is 0.414. The van der Waals surface area contributed by atoms with Gasteiger partial charge in [-0.3, -0.25) is 9.69 Å². The van der Waals surface area contributed by atoms with E-state index in [4.69, 9.17) is 4.74 Å². The van der Waals surface area contributed by atoms with Crippen LogP contribution in [-0.2, 0) is 19.6 Å². The minimum absolute atomic E-state index is 0.0370. The zero-order chi connectivity index (χ0) is 22.5. The number of tetrazole rings is 1. The molecule has 2 heterocycles. The number of H-pyrrole nitrogens is 1. The van der Waals surface area contributed by atoms with Crippen molar-refractivity contribution in [1.29, 1.82) is 0 Å². The smallest absolute Gasteiger partial charge is 0.252 e. The maximum absolute atomic E-state index is 12.6. The van der Waals surface area contributed by atoms with Gasteiger partial charge in [0, 0.05) is 24.2 Å². The van der Waals surface area contributed by atoms with Gasteiger partial charge in [0.1, 0.15) is 5.75 Å². The monoisotopic (exact) mass is 434 g/mol. The molecule has 2 aromatic heterocycles. The lowest BCUT2D eigenvalue weighted by atomic mass is 10.1. The van der Waals surface area contributed by atoms with Crippen LogP contribution in [0.1, 0.15) is 22.5 Å². The summed E-state index contributed by atoms with van der Waals surface area (Å²) in [4.78, 5) is 17.6. The molecule has 0 unspecified atom stereocenters. The van der Waals surface area contributed by atoms with Gasteiger partial charge in [-0.05, 0) is 58.1 Å². The van der Waals surface area contributed by atoms with Crippen LogP contribution in [0, 0.1) is 6.92 Å². The van der Waals surface area contributed by atoms with E-state index >= 15 is 0 Å². The Labute approximate surface area is 185 Å². The van der Waals surface area contributed by atoms with Crippen molar-refractivity contribution >= 4 is 10.9 Å². The molecule has 0 aliphatic carbocycles. The lowest BCUT2D eigenvalue weighted by molar-refractivity contribution is 0.179. The molecule has 4 rings (SSSR count). The van der Waals surface area contributed by atoms with Crippen LogP contribution in [0.2, 0.25) is 0 Å². The van der Waals surface area contributed by atoms with E-state index < -0.39 is 0 Å². The average Bonchev–Trinajstić information content (AvgIpc) is 3.21. The van der Waals surface area contributed by atoms with Gasteiger partial charge in [-0.25, -0.2) is 4.68 Å². The molecule has 0 fully saturated rings. The summed E-state index contributed by atoms with van der Waals surface area (Å²) in [5.41, 5.74) is 3.43. The van der Waals surface area contributed by atoms with Crippen molar-refractivity contribution in [3.05, 3.63) is 81.4 Å². The Morgan fingerprint density at radius 3 is 2.69 bits per heavy atom. The molecule has 0 amide bonds. The van der Waals surface area contributed by atoms with Crippen LogP contribution in [0.4, 0.5) is 0 Å². The molecular weight excluding hydrogens is 408 g/mol. The molecule has 2 N–H and O–H groups in total. The lowest BCUT2D eigenvalue weighted by Crippen LogP contribution is -2.30. The third-order valence-electron chi connectivity index (χ3n) is 5.35. The summed E-state index contributed by atoms with van der Waals surface area (Å²) in [5, 5.41) is 22.6. The van der Waals surface area contributed by atoms with Gasteiger partial charge in [-0.1, -0.05) is 24.3 Å². The Bertz CT molecular complexity index is 1250. The Morgan fingerprint density at radius 1 is 1.12 bits per heavy atom. The predicted octanol–water partition coefficient (Wildman–Crippen LogP) is 1.87. The molecule has 0 aliphatic heterocycles. The fourth-order valence-electron chi connectivity index (χ4n) is 3.64. The van der Waals surface area contributed by atoms with Crippen molar-refractivity contribution in [1.82, 2.24) is 30.1 Å². The zero-order valence-electron chi connectivity index (χ0n) is 18.2. The molecule has 0 aliphatic rings. The van der Waals surface area contributed by atoms with Crippen LogP contribution >= 0.6 is 0 Å². The summed E-state index contributed by atoms with van der Waals surface area (Å²) >= 11 is 0. The number of ether oxygens (including phenoxy) is 1. The Hall–Kier alpha value is -3.56. The molecular formula is C23H26N6O3. The van der Waals surface area contributed by atoms with E-state index in [0.717, 1.165) is 27.8 Å². The Kier molecular flexibility index (Phi) is 6.58. The number of hydrogen-bond acceptors (Lipinski definition) is 7. The van der Waals surface area contributed by atoms with E-state index in [1.807, 2.05) is 60.4 Å². The SMILES string of the molecule is COc1ccc(Cn2nnnc2CN(CCO)Cc2cc3ccc(C)cc3[nH]c2=O)cc1. The molecule has 32 heavy (non-hydrogen) atoms. The fourth-order valence-corrected chi connectivity index (χ4v) is 3.64. The van der Waals surface area contributed by atoms with Crippen LogP contribution in [0.15, 0.2) is 53.3 Å². The van der Waals surface area contributed by atoms with E-state index in [2.05, 4.69) is 20.5 Å². The Morgan fingerprint density at radius 2 is 1.94 bits per heavy atom. The standard InChI is InChI=1S/C23H26N6O3/c1-16-3-6-18-12-19(23(31)24-21(18)11-16)14-28(9-10-30)15-22-25-26-27-29(22)13-17-4-7-20(32-2)8-5-17/h3-8,11-12,30H,9-10,13-15H2,1-2H3,(H,24,31). The first-order valence-electron chi connectivity index (χ1n) is 10.4. The highest BCUT2D eigenvalue weighted by atomic mass is 16.5. The third kappa shape index (κ3) is 5.01. The summed E-state index contributed by atoms with van der Waals surface area (Å²) in [6, 6.07) is 15.6. The predicted molar refractivity (Wildman–Crippen MR) is 120 cm³/mol. The number of aliphatic hydroxyl groups is 1. The van der Waals surface area contributed by atoms with Crippen LogP contribution in [0.5, 0.6) is 5.75 Å². The van der Waals surface area contributed by atoms with Gasteiger partial charge in [-0.2, -0.15) is 0 Å². The van der Waals surface area contributed by atoms with Crippen LogP contribution in [0.3, 0.4) is 0 Å². The van der Waals surface area contributed by atoms with E-state index in [9.17, 15) is 9.90 Å². The molecule has 0 spiro atoms. The molecule has 0 bridgehead atoms. The third-order valence-corrected chi connectivity index (χ3v) is 5.35. The molecule has 166 valence electrons. The number of aromatic amines is 1. The number of hydrogen-bond donors (Lipinski definition) is 2. The van der Waals surface area contributed by atoms with Crippen molar-refractivity contribution in [2.75, 3.05) is 20.3 Å². The second-order valence-electron chi connectivity index (χ2n) is 7.75. The van der Waals surface area contributed by atoms with Crippen molar-refractivity contribution in [2.24, 2.45) is 0 Å². The molecule has 9 nitrogen and oxygen atoms in total. The van der Waals surface area contributed by atoms with Crippen LogP contribution in [0.25, 0.3) is 10.9 Å². The molecule has 0 atom stereocenters. The van der Waals surface area contributed by atoms with Crippen LogP contribution < -0.4 is 10.3 Å². The summed E-state index contributed by atoms with van der Waals surface area (Å²) in [6.07, 6.45) is 0. The Balaban J connectivity index is 1.52. The molecule has 4 aromatic rings. The van der Waals surface area contributed by atoms with Gasteiger partial charge in [0.05, 0.1) is 26.8 Å².